The minimum atomic E-state index is -1.40. The summed E-state index contributed by atoms with van der Waals surface area (Å²) in [6.07, 6.45) is 7.88. The lowest BCUT2D eigenvalue weighted by molar-refractivity contribution is -0.157. The zero-order valence-corrected chi connectivity index (χ0v) is 26.7. The summed E-state index contributed by atoms with van der Waals surface area (Å²) in [5, 5.41) is 10.8. The number of anilines is 1. The number of amides is 3. The Balaban J connectivity index is 1.46. The highest BCUT2D eigenvalue weighted by Gasteiger charge is 2.75. The summed E-state index contributed by atoms with van der Waals surface area (Å²) < 4.78 is 12.6. The van der Waals surface area contributed by atoms with E-state index in [0.29, 0.717) is 37.6 Å². The molecule has 4 aliphatic rings. The van der Waals surface area contributed by atoms with Crippen molar-refractivity contribution < 1.29 is 29.0 Å². The Hall–Kier alpha value is -3.95. The number of aliphatic hydroxyl groups excluding tert-OH is 1. The Labute approximate surface area is 265 Å². The van der Waals surface area contributed by atoms with E-state index in [4.69, 9.17) is 9.47 Å². The molecule has 6 rings (SSSR count). The van der Waals surface area contributed by atoms with Crippen LogP contribution in [0.5, 0.6) is 5.75 Å². The second-order valence-electron chi connectivity index (χ2n) is 13.6. The Morgan fingerprint density at radius 2 is 1.62 bits per heavy atom. The number of ether oxygens (including phenoxy) is 2. The molecule has 238 valence electrons. The number of aliphatic hydroxyl groups is 1. The zero-order chi connectivity index (χ0) is 32.1. The van der Waals surface area contributed by atoms with Gasteiger partial charge in [0.05, 0.1) is 36.7 Å². The van der Waals surface area contributed by atoms with Gasteiger partial charge in [0.2, 0.25) is 17.7 Å². The van der Waals surface area contributed by atoms with Gasteiger partial charge in [0.25, 0.3) is 0 Å². The lowest BCUT2D eigenvalue weighted by atomic mass is 9.74. The number of benzene rings is 2. The molecule has 2 aromatic rings. The maximum atomic E-state index is 14.9. The van der Waals surface area contributed by atoms with Gasteiger partial charge in [0.1, 0.15) is 17.4 Å². The summed E-state index contributed by atoms with van der Waals surface area (Å²) in [6.45, 7) is 10.5. The van der Waals surface area contributed by atoms with Crippen molar-refractivity contribution in [3.63, 3.8) is 0 Å². The van der Waals surface area contributed by atoms with Crippen LogP contribution in [0.2, 0.25) is 0 Å². The summed E-state index contributed by atoms with van der Waals surface area (Å²) in [7, 11) is 0. The molecule has 4 aliphatic heterocycles. The minimum absolute atomic E-state index is 0.246. The molecule has 3 amide bonds. The van der Waals surface area contributed by atoms with Crippen molar-refractivity contribution in [2.45, 2.75) is 69.9 Å². The van der Waals surface area contributed by atoms with E-state index < -0.39 is 40.7 Å². The molecule has 4 heterocycles. The number of nitrogens with zero attached hydrogens (tertiary/aromatic N) is 3. The van der Waals surface area contributed by atoms with Crippen LogP contribution < -0.4 is 9.64 Å². The van der Waals surface area contributed by atoms with E-state index in [-0.39, 0.29) is 24.3 Å². The predicted octanol–water partition coefficient (Wildman–Crippen LogP) is 3.76. The Bertz CT molecular complexity index is 1520. The molecule has 0 bridgehead atoms. The first kappa shape index (κ1) is 31.0. The molecule has 1 spiro atoms. The number of fused-ring (bicyclic) bond motifs is 2. The normalized spacial score (nSPS) is 30.1. The van der Waals surface area contributed by atoms with Gasteiger partial charge in [-0.05, 0) is 70.9 Å². The molecule has 0 aromatic heterocycles. The number of hydrogen-bond acceptors (Lipinski definition) is 6. The molecule has 2 aromatic carbocycles. The van der Waals surface area contributed by atoms with Crippen molar-refractivity contribution in [1.82, 2.24) is 9.80 Å². The monoisotopic (exact) mass is 613 g/mol. The average Bonchev–Trinajstić information content (AvgIpc) is 3.27. The number of carbonyl (C=O) groups excluding carboxylic acids is 3. The lowest BCUT2D eigenvalue weighted by Crippen LogP contribution is -2.61. The summed E-state index contributed by atoms with van der Waals surface area (Å²) in [6, 6.07) is 15.2. The molecule has 1 N–H and O–H groups in total. The van der Waals surface area contributed by atoms with Crippen molar-refractivity contribution in [1.29, 1.82) is 0 Å². The number of likely N-dealkylation sites (tertiary alicyclic amines) is 1. The predicted molar refractivity (Wildman–Crippen MR) is 171 cm³/mol. The third kappa shape index (κ3) is 5.06. The van der Waals surface area contributed by atoms with Crippen molar-refractivity contribution in [2.24, 2.45) is 11.8 Å². The third-order valence-corrected chi connectivity index (χ3v) is 9.68. The largest absolute Gasteiger partial charge is 0.494 e. The third-order valence-electron chi connectivity index (χ3n) is 9.68. The molecule has 2 saturated heterocycles. The van der Waals surface area contributed by atoms with Gasteiger partial charge in [-0.1, -0.05) is 54.6 Å². The van der Waals surface area contributed by atoms with Crippen LogP contribution >= 0.6 is 0 Å². The molecule has 0 radical (unpaired) electrons. The minimum Gasteiger partial charge on any atom is -0.494 e. The van der Waals surface area contributed by atoms with Gasteiger partial charge in [-0.25, -0.2) is 0 Å². The van der Waals surface area contributed by atoms with Crippen LogP contribution in [-0.2, 0) is 25.5 Å². The summed E-state index contributed by atoms with van der Waals surface area (Å²) in [5.41, 5.74) is -1.47. The lowest BCUT2D eigenvalue weighted by Gasteiger charge is -2.43. The van der Waals surface area contributed by atoms with Gasteiger partial charge in [-0.3, -0.25) is 14.4 Å². The van der Waals surface area contributed by atoms with Crippen LogP contribution in [0.1, 0.15) is 40.2 Å². The van der Waals surface area contributed by atoms with Crippen molar-refractivity contribution in [2.75, 3.05) is 31.2 Å². The molecular weight excluding hydrogens is 570 g/mol. The van der Waals surface area contributed by atoms with Crippen molar-refractivity contribution in [3.8, 4) is 5.75 Å². The second-order valence-corrected chi connectivity index (χ2v) is 13.6. The van der Waals surface area contributed by atoms with E-state index >= 15 is 0 Å². The highest BCUT2D eigenvalue weighted by molar-refractivity contribution is 6.04. The van der Waals surface area contributed by atoms with Gasteiger partial charge in [-0.2, -0.15) is 0 Å². The van der Waals surface area contributed by atoms with Gasteiger partial charge in [-0.15, -0.1) is 0 Å². The summed E-state index contributed by atoms with van der Waals surface area (Å²) >= 11 is 0. The average molecular weight is 614 g/mol. The van der Waals surface area contributed by atoms with E-state index in [2.05, 4.69) is 0 Å². The molecular formula is C36H43N3O6. The van der Waals surface area contributed by atoms with Crippen LogP contribution in [0.4, 0.5) is 5.69 Å². The van der Waals surface area contributed by atoms with Gasteiger partial charge in [0.15, 0.2) is 0 Å². The van der Waals surface area contributed by atoms with E-state index in [9.17, 15) is 19.5 Å². The molecule has 2 fully saturated rings. The molecule has 0 saturated carbocycles. The first-order chi connectivity index (χ1) is 21.4. The molecule has 9 nitrogen and oxygen atoms in total. The molecule has 45 heavy (non-hydrogen) atoms. The SMILES string of the molecule is CCOc1ccc(N2CC=C[C@]3(C)O[C@]45C=CCN(C(C)(C)C)C(=O)C4N([C@@H](CO)Cc4ccccc4)C(=O)[C@@H]5[C@@H]3C2=O)cc1. The topological polar surface area (TPSA) is 99.6 Å². The first-order valence-corrected chi connectivity index (χ1v) is 15.8. The zero-order valence-electron chi connectivity index (χ0n) is 26.7. The Morgan fingerprint density at radius 1 is 0.933 bits per heavy atom. The maximum Gasteiger partial charge on any atom is 0.249 e. The van der Waals surface area contributed by atoms with E-state index in [1.807, 2.05) is 114 Å². The van der Waals surface area contributed by atoms with Crippen LogP contribution in [0, 0.1) is 11.8 Å². The Kier molecular flexibility index (Phi) is 7.90. The first-order valence-electron chi connectivity index (χ1n) is 15.8. The summed E-state index contributed by atoms with van der Waals surface area (Å²) in [5.74, 6) is -2.03. The fourth-order valence-corrected chi connectivity index (χ4v) is 7.72. The number of carbonyl (C=O) groups is 3. The summed E-state index contributed by atoms with van der Waals surface area (Å²) in [4.78, 5) is 49.2. The van der Waals surface area contributed by atoms with Gasteiger partial charge < -0.3 is 29.3 Å². The molecule has 6 atom stereocenters. The smallest absolute Gasteiger partial charge is 0.249 e. The van der Waals surface area contributed by atoms with Gasteiger partial charge >= 0.3 is 0 Å². The van der Waals surface area contributed by atoms with Crippen LogP contribution in [0.25, 0.3) is 0 Å². The molecule has 1 unspecified atom stereocenters. The second kappa shape index (κ2) is 11.4. The number of rotatable bonds is 7. The van der Waals surface area contributed by atoms with Gasteiger partial charge in [0, 0.05) is 24.3 Å². The molecule has 9 heteroatoms. The van der Waals surface area contributed by atoms with Crippen molar-refractivity contribution in [3.05, 3.63) is 84.5 Å². The highest BCUT2D eigenvalue weighted by atomic mass is 16.5. The number of hydrogen-bond donors (Lipinski definition) is 1. The van der Waals surface area contributed by atoms with E-state index in [1.165, 1.54) is 4.90 Å². The fourth-order valence-electron chi connectivity index (χ4n) is 7.72. The standard InChI is InChI=1S/C36H43N3O6/c1-6-44-27-16-14-25(15-17-27)37-20-10-18-35(5)28(31(37)41)29-32(42)39(26(23-40)22-24-12-8-7-9-13-24)30-33(43)38(34(2,3)4)21-11-19-36(29,30)45-35/h7-19,26,28-30,40H,6,20-23H2,1-5H3/t26-,28-,29+,30?,35+,36+/m1/s1. The fraction of sp³-hybridized carbons (Fsp3) is 0.472. The maximum absolute atomic E-state index is 14.9. The van der Waals surface area contributed by atoms with Crippen LogP contribution in [-0.4, -0.2) is 87.8 Å². The van der Waals surface area contributed by atoms with Crippen LogP contribution in [0.15, 0.2) is 78.9 Å². The van der Waals surface area contributed by atoms with Crippen LogP contribution in [0.3, 0.4) is 0 Å². The van der Waals surface area contributed by atoms with E-state index in [1.54, 1.807) is 9.80 Å². The quantitative estimate of drug-likeness (QED) is 0.478. The van der Waals surface area contributed by atoms with E-state index in [0.717, 1.165) is 5.56 Å². The highest BCUT2D eigenvalue weighted by Crippen LogP contribution is 2.58. The molecule has 0 aliphatic carbocycles. The van der Waals surface area contributed by atoms with Crippen molar-refractivity contribution >= 4 is 23.4 Å². The Morgan fingerprint density at radius 3 is 2.27 bits per heavy atom.